The number of esters is 3. The summed E-state index contributed by atoms with van der Waals surface area (Å²) in [5.41, 5.74) is 0. The Bertz CT molecular complexity index is 1430. The van der Waals surface area contributed by atoms with E-state index in [1.807, 2.05) is 12.2 Å². The molecule has 0 aliphatic rings. The third-order valence-corrected chi connectivity index (χ3v) is 9.97. The van der Waals surface area contributed by atoms with Crippen molar-refractivity contribution in [1.29, 1.82) is 0 Å². The van der Waals surface area contributed by atoms with Gasteiger partial charge < -0.3 is 14.2 Å². The number of carbonyl (C=O) groups is 3. The van der Waals surface area contributed by atoms with Gasteiger partial charge in [-0.25, -0.2) is 0 Å². The van der Waals surface area contributed by atoms with E-state index >= 15 is 0 Å². The highest BCUT2D eigenvalue weighted by Gasteiger charge is 2.19. The summed E-state index contributed by atoms with van der Waals surface area (Å²) in [6.07, 6.45) is 71.7. The molecular weight excluding hydrogens is 793 g/mol. The van der Waals surface area contributed by atoms with Crippen LogP contribution in [0.2, 0.25) is 0 Å². The summed E-state index contributed by atoms with van der Waals surface area (Å²) >= 11 is 0. The Labute approximate surface area is 392 Å². The molecule has 0 bridgehead atoms. The summed E-state index contributed by atoms with van der Waals surface area (Å²) in [6.45, 7) is 6.31. The summed E-state index contributed by atoms with van der Waals surface area (Å²) in [5, 5.41) is 0. The fourth-order valence-electron chi connectivity index (χ4n) is 6.19. The predicted molar refractivity (Wildman–Crippen MR) is 274 cm³/mol. The topological polar surface area (TPSA) is 78.9 Å². The SMILES string of the molecule is CC/C=C\C/C=C\C/C=C\C/C=C\C/C=C\C/C=C\CCC(=O)OCC(COC(=O)CCC/C=C\CCCCCC)OC(=O)CCCCCCC\C=C/C=C\C=C/C=C\CCCCC. The maximum atomic E-state index is 12.8. The van der Waals surface area contributed by atoms with E-state index in [1.165, 1.54) is 44.9 Å². The van der Waals surface area contributed by atoms with Crippen LogP contribution in [0.5, 0.6) is 0 Å². The van der Waals surface area contributed by atoms with Crippen molar-refractivity contribution < 1.29 is 28.6 Å². The fraction of sp³-hybridized carbons (Fsp3) is 0.569. The minimum Gasteiger partial charge on any atom is -0.462 e. The zero-order valence-corrected chi connectivity index (χ0v) is 40.7. The molecule has 6 heteroatoms. The third kappa shape index (κ3) is 48.6. The predicted octanol–water partition coefficient (Wildman–Crippen LogP) is 16.7. The van der Waals surface area contributed by atoms with Gasteiger partial charge in [-0.15, -0.1) is 0 Å². The number of hydrogen-bond donors (Lipinski definition) is 0. The Kier molecular flexibility index (Phi) is 47.6. The van der Waals surface area contributed by atoms with Gasteiger partial charge >= 0.3 is 17.9 Å². The Morgan fingerprint density at radius 2 is 0.719 bits per heavy atom. The van der Waals surface area contributed by atoms with Gasteiger partial charge in [0.25, 0.3) is 0 Å². The first-order chi connectivity index (χ1) is 31.5. The fourth-order valence-corrected chi connectivity index (χ4v) is 6.19. The highest BCUT2D eigenvalue weighted by molar-refractivity contribution is 5.71. The van der Waals surface area contributed by atoms with Crippen molar-refractivity contribution in [3.63, 3.8) is 0 Å². The van der Waals surface area contributed by atoms with Crippen molar-refractivity contribution in [2.45, 2.75) is 200 Å². The zero-order valence-electron chi connectivity index (χ0n) is 40.7. The molecule has 0 aliphatic heterocycles. The molecule has 0 N–H and O–H groups in total. The van der Waals surface area contributed by atoms with Gasteiger partial charge in [-0.3, -0.25) is 14.4 Å². The maximum absolute atomic E-state index is 12.8. The van der Waals surface area contributed by atoms with Crippen molar-refractivity contribution in [2.24, 2.45) is 0 Å². The number of unbranched alkanes of at least 4 members (excludes halogenated alkanes) is 13. The van der Waals surface area contributed by atoms with Crippen LogP contribution in [0.4, 0.5) is 0 Å². The van der Waals surface area contributed by atoms with Crippen LogP contribution >= 0.6 is 0 Å². The van der Waals surface area contributed by atoms with Gasteiger partial charge in [-0.1, -0.05) is 206 Å². The molecule has 1 unspecified atom stereocenters. The molecule has 0 aromatic heterocycles. The van der Waals surface area contributed by atoms with E-state index in [0.29, 0.717) is 12.8 Å². The lowest BCUT2D eigenvalue weighted by atomic mass is 10.1. The van der Waals surface area contributed by atoms with Crippen LogP contribution in [-0.4, -0.2) is 37.2 Å². The van der Waals surface area contributed by atoms with E-state index in [1.54, 1.807) is 0 Å². The lowest BCUT2D eigenvalue weighted by molar-refractivity contribution is -0.166. The van der Waals surface area contributed by atoms with Crippen molar-refractivity contribution in [1.82, 2.24) is 0 Å². The van der Waals surface area contributed by atoms with E-state index < -0.39 is 6.10 Å². The molecule has 358 valence electrons. The minimum atomic E-state index is -0.836. The molecule has 0 amide bonds. The molecule has 1 atom stereocenters. The number of carbonyl (C=O) groups excluding carboxylic acids is 3. The molecular formula is C58H90O6. The van der Waals surface area contributed by atoms with Crippen molar-refractivity contribution in [3.8, 4) is 0 Å². The van der Waals surface area contributed by atoms with Crippen LogP contribution in [0, 0.1) is 0 Å². The standard InChI is InChI=1S/C58H90O6/c1-4-7-10-13-16-19-21-23-25-27-29-31-32-34-36-39-42-45-48-51-57(60)63-54-55(53-62-56(59)50-47-44-41-38-18-15-12-9-6-3)64-58(61)52-49-46-43-40-37-35-33-30-28-26-24-22-20-17-14-11-8-5-2/h7,10,16-17,19-20,22-26,28-31,33-34,36,38,41-42,45,55H,4-6,8-9,11-15,18,21,27,32,35,37,39-40,43-44,46-54H2,1-3H3/b10-7-,19-16-,20-17-,24-22-,25-23-,28-26-,31-29-,33-30-,36-34-,41-38-,45-42-. The molecule has 0 spiro atoms. The van der Waals surface area contributed by atoms with Crippen LogP contribution in [-0.2, 0) is 28.6 Å². The second-order valence-corrected chi connectivity index (χ2v) is 16.1. The summed E-state index contributed by atoms with van der Waals surface area (Å²) in [6, 6.07) is 0. The molecule has 0 aliphatic carbocycles. The van der Waals surface area contributed by atoms with E-state index in [4.69, 9.17) is 14.2 Å². The summed E-state index contributed by atoms with van der Waals surface area (Å²) in [5.74, 6) is -1.09. The largest absolute Gasteiger partial charge is 0.462 e. The molecule has 64 heavy (non-hydrogen) atoms. The third-order valence-electron chi connectivity index (χ3n) is 9.97. The van der Waals surface area contributed by atoms with Gasteiger partial charge in [0.05, 0.1) is 0 Å². The zero-order chi connectivity index (χ0) is 46.5. The van der Waals surface area contributed by atoms with Crippen LogP contribution in [0.25, 0.3) is 0 Å². The first-order valence-corrected chi connectivity index (χ1v) is 25.2. The molecule has 0 aromatic rings. The lowest BCUT2D eigenvalue weighted by Gasteiger charge is -2.18. The molecule has 6 nitrogen and oxygen atoms in total. The summed E-state index contributed by atoms with van der Waals surface area (Å²) < 4.78 is 16.6. The van der Waals surface area contributed by atoms with E-state index in [9.17, 15) is 14.4 Å². The monoisotopic (exact) mass is 883 g/mol. The number of rotatable bonds is 43. The average Bonchev–Trinajstić information content (AvgIpc) is 3.29. The van der Waals surface area contributed by atoms with Gasteiger partial charge in [0, 0.05) is 19.3 Å². The molecule has 0 saturated heterocycles. The van der Waals surface area contributed by atoms with Gasteiger partial charge in [-0.05, 0) is 103 Å². The van der Waals surface area contributed by atoms with Crippen LogP contribution in [0.15, 0.2) is 134 Å². The molecule has 0 fully saturated rings. The number of ether oxygens (including phenoxy) is 3. The minimum absolute atomic E-state index is 0.132. The van der Waals surface area contributed by atoms with Crippen LogP contribution in [0.3, 0.4) is 0 Å². The highest BCUT2D eigenvalue weighted by atomic mass is 16.6. The van der Waals surface area contributed by atoms with Crippen LogP contribution < -0.4 is 0 Å². The van der Waals surface area contributed by atoms with Gasteiger partial charge in [-0.2, -0.15) is 0 Å². The van der Waals surface area contributed by atoms with Crippen molar-refractivity contribution >= 4 is 17.9 Å². The number of allylic oxidation sites excluding steroid dienone is 22. The normalized spacial score (nSPS) is 13.2. The summed E-state index contributed by atoms with van der Waals surface area (Å²) in [7, 11) is 0. The average molecular weight is 883 g/mol. The Morgan fingerprint density at radius 3 is 1.27 bits per heavy atom. The smallest absolute Gasteiger partial charge is 0.306 e. The van der Waals surface area contributed by atoms with Gasteiger partial charge in [0.1, 0.15) is 13.2 Å². The van der Waals surface area contributed by atoms with E-state index in [-0.39, 0.29) is 50.4 Å². The molecule has 0 heterocycles. The molecule has 0 rings (SSSR count). The molecule has 0 saturated carbocycles. The maximum Gasteiger partial charge on any atom is 0.306 e. The van der Waals surface area contributed by atoms with Gasteiger partial charge in [0.15, 0.2) is 6.10 Å². The first kappa shape index (κ1) is 59.5. The van der Waals surface area contributed by atoms with Crippen LogP contribution in [0.1, 0.15) is 194 Å². The Morgan fingerprint density at radius 1 is 0.344 bits per heavy atom. The second kappa shape index (κ2) is 51.2. The quantitative estimate of drug-likeness (QED) is 0.0200. The van der Waals surface area contributed by atoms with Crippen molar-refractivity contribution in [3.05, 3.63) is 134 Å². The second-order valence-electron chi connectivity index (χ2n) is 16.1. The lowest BCUT2D eigenvalue weighted by Crippen LogP contribution is -2.30. The Balaban J connectivity index is 4.56. The number of hydrogen-bond acceptors (Lipinski definition) is 6. The summed E-state index contributed by atoms with van der Waals surface area (Å²) in [4.78, 5) is 37.8. The van der Waals surface area contributed by atoms with E-state index in [0.717, 1.165) is 96.3 Å². The first-order valence-electron chi connectivity index (χ1n) is 25.2. The molecule has 0 aromatic carbocycles. The molecule has 0 radical (unpaired) electrons. The van der Waals surface area contributed by atoms with Crippen molar-refractivity contribution in [2.75, 3.05) is 13.2 Å². The highest BCUT2D eigenvalue weighted by Crippen LogP contribution is 2.11. The van der Waals surface area contributed by atoms with Gasteiger partial charge in [0.2, 0.25) is 0 Å². The van der Waals surface area contributed by atoms with E-state index in [2.05, 4.69) is 142 Å². The Hall–Kier alpha value is -4.45.